The highest BCUT2D eigenvalue weighted by atomic mass is 16.2. The fourth-order valence-electron chi connectivity index (χ4n) is 2.31. The number of rotatable bonds is 5. The highest BCUT2D eigenvalue weighted by molar-refractivity contribution is 5.96. The Labute approximate surface area is 123 Å². The zero-order chi connectivity index (χ0) is 15.2. The quantitative estimate of drug-likeness (QED) is 0.735. The number of amides is 3. The van der Waals surface area contributed by atoms with Gasteiger partial charge in [-0.05, 0) is 24.5 Å². The summed E-state index contributed by atoms with van der Waals surface area (Å²) in [6.07, 6.45) is 1.35. The van der Waals surface area contributed by atoms with E-state index in [4.69, 9.17) is 0 Å². The van der Waals surface area contributed by atoms with Crippen LogP contribution in [-0.4, -0.2) is 31.3 Å². The number of anilines is 1. The molecule has 0 fully saturated rings. The average Bonchev–Trinajstić information content (AvgIpc) is 2.50. The van der Waals surface area contributed by atoms with Gasteiger partial charge in [0.2, 0.25) is 17.7 Å². The molecule has 3 N–H and O–H groups in total. The van der Waals surface area contributed by atoms with Crippen LogP contribution in [0.5, 0.6) is 0 Å². The van der Waals surface area contributed by atoms with Gasteiger partial charge in [0.25, 0.3) is 0 Å². The van der Waals surface area contributed by atoms with Crippen LogP contribution < -0.4 is 16.0 Å². The van der Waals surface area contributed by atoms with E-state index >= 15 is 0 Å². The molecule has 0 aliphatic carbocycles. The largest absolute Gasteiger partial charge is 0.358 e. The van der Waals surface area contributed by atoms with Crippen LogP contribution in [-0.2, 0) is 20.8 Å². The second kappa shape index (κ2) is 6.88. The molecule has 1 aromatic carbocycles. The van der Waals surface area contributed by atoms with Crippen molar-refractivity contribution in [2.24, 2.45) is 5.92 Å². The molecular weight excluding hydrogens is 270 g/mol. The molecule has 0 saturated heterocycles. The fourth-order valence-corrected chi connectivity index (χ4v) is 2.31. The van der Waals surface area contributed by atoms with Crippen LogP contribution in [0.1, 0.15) is 18.4 Å². The molecule has 1 aromatic rings. The summed E-state index contributed by atoms with van der Waals surface area (Å²) in [5.74, 6) is -0.712. The van der Waals surface area contributed by atoms with Gasteiger partial charge in [0, 0.05) is 25.1 Å². The summed E-state index contributed by atoms with van der Waals surface area (Å²) in [5.41, 5.74) is 1.94. The van der Waals surface area contributed by atoms with Gasteiger partial charge in [0.15, 0.2) is 0 Å². The third-order valence-corrected chi connectivity index (χ3v) is 3.56. The second-order valence-corrected chi connectivity index (χ2v) is 5.04. The van der Waals surface area contributed by atoms with Gasteiger partial charge in [-0.1, -0.05) is 18.2 Å². The SMILES string of the molecule is CNC(=O)CNC(=O)CCC1Cc2ccccc2NC1=O. The van der Waals surface area contributed by atoms with Crippen molar-refractivity contribution in [1.82, 2.24) is 10.6 Å². The lowest BCUT2D eigenvalue weighted by Gasteiger charge is -2.24. The average molecular weight is 289 g/mol. The Morgan fingerprint density at radius 2 is 2.05 bits per heavy atom. The first-order chi connectivity index (χ1) is 10.1. The van der Waals surface area contributed by atoms with E-state index in [9.17, 15) is 14.4 Å². The van der Waals surface area contributed by atoms with E-state index in [2.05, 4.69) is 16.0 Å². The summed E-state index contributed by atoms with van der Waals surface area (Å²) < 4.78 is 0. The molecule has 2 rings (SSSR count). The molecule has 1 heterocycles. The van der Waals surface area contributed by atoms with Gasteiger partial charge >= 0.3 is 0 Å². The first-order valence-electron chi connectivity index (χ1n) is 6.96. The highest BCUT2D eigenvalue weighted by Crippen LogP contribution is 2.27. The number of carbonyl (C=O) groups excluding carboxylic acids is 3. The zero-order valence-electron chi connectivity index (χ0n) is 11.9. The number of nitrogens with one attached hydrogen (secondary N) is 3. The summed E-state index contributed by atoms with van der Waals surface area (Å²) in [6, 6.07) is 7.67. The minimum absolute atomic E-state index is 0.0327. The van der Waals surface area contributed by atoms with Gasteiger partial charge in [-0.3, -0.25) is 14.4 Å². The Morgan fingerprint density at radius 3 is 2.81 bits per heavy atom. The Morgan fingerprint density at radius 1 is 1.29 bits per heavy atom. The lowest BCUT2D eigenvalue weighted by atomic mass is 9.89. The van der Waals surface area contributed by atoms with Crippen molar-refractivity contribution in [2.75, 3.05) is 18.9 Å². The Kier molecular flexibility index (Phi) is 4.92. The van der Waals surface area contributed by atoms with Gasteiger partial charge in [0.05, 0.1) is 6.54 Å². The lowest BCUT2D eigenvalue weighted by molar-refractivity contribution is -0.126. The van der Waals surface area contributed by atoms with Crippen LogP contribution in [0.4, 0.5) is 5.69 Å². The van der Waals surface area contributed by atoms with E-state index in [0.717, 1.165) is 11.3 Å². The normalized spacial score (nSPS) is 16.6. The molecule has 112 valence electrons. The van der Waals surface area contributed by atoms with Crippen molar-refractivity contribution < 1.29 is 14.4 Å². The van der Waals surface area contributed by atoms with Crippen LogP contribution in [0.25, 0.3) is 0 Å². The van der Waals surface area contributed by atoms with Crippen LogP contribution >= 0.6 is 0 Å². The lowest BCUT2D eigenvalue weighted by Crippen LogP contribution is -2.36. The monoisotopic (exact) mass is 289 g/mol. The van der Waals surface area contributed by atoms with E-state index in [1.165, 1.54) is 7.05 Å². The van der Waals surface area contributed by atoms with Crippen molar-refractivity contribution >= 4 is 23.4 Å². The standard InChI is InChI=1S/C15H19N3O3/c1-16-14(20)9-17-13(19)7-6-11-8-10-4-2-3-5-12(10)18-15(11)21/h2-5,11H,6-9H2,1H3,(H,16,20)(H,17,19)(H,18,21). The topological polar surface area (TPSA) is 87.3 Å². The maximum atomic E-state index is 12.0. The minimum atomic E-state index is -0.243. The molecule has 1 unspecified atom stereocenters. The van der Waals surface area contributed by atoms with Crippen molar-refractivity contribution in [2.45, 2.75) is 19.3 Å². The van der Waals surface area contributed by atoms with Gasteiger partial charge in [-0.25, -0.2) is 0 Å². The molecule has 6 nitrogen and oxygen atoms in total. The molecule has 1 aliphatic rings. The van der Waals surface area contributed by atoms with Crippen LogP contribution in [0.3, 0.4) is 0 Å². The fraction of sp³-hybridized carbons (Fsp3) is 0.400. The molecule has 0 radical (unpaired) electrons. The third-order valence-electron chi connectivity index (χ3n) is 3.56. The number of hydrogen-bond acceptors (Lipinski definition) is 3. The molecule has 1 aliphatic heterocycles. The molecule has 0 spiro atoms. The summed E-state index contributed by atoms with van der Waals surface area (Å²) in [5, 5.41) is 7.81. The van der Waals surface area contributed by atoms with Crippen molar-refractivity contribution in [3.05, 3.63) is 29.8 Å². The van der Waals surface area contributed by atoms with Crippen LogP contribution in [0.2, 0.25) is 0 Å². The molecule has 6 heteroatoms. The van der Waals surface area contributed by atoms with E-state index in [0.29, 0.717) is 12.8 Å². The Bertz CT molecular complexity index is 557. The number of carbonyl (C=O) groups is 3. The van der Waals surface area contributed by atoms with E-state index in [-0.39, 0.29) is 36.6 Å². The van der Waals surface area contributed by atoms with Gasteiger partial charge in [-0.2, -0.15) is 0 Å². The first-order valence-corrected chi connectivity index (χ1v) is 6.96. The Balaban J connectivity index is 1.83. The van der Waals surface area contributed by atoms with Crippen molar-refractivity contribution in [3.8, 4) is 0 Å². The predicted molar refractivity (Wildman–Crippen MR) is 78.6 cm³/mol. The summed E-state index contributed by atoms with van der Waals surface area (Å²) in [7, 11) is 1.51. The van der Waals surface area contributed by atoms with E-state index in [1.54, 1.807) is 0 Å². The summed E-state index contributed by atoms with van der Waals surface area (Å²) in [4.78, 5) is 34.6. The van der Waals surface area contributed by atoms with Crippen LogP contribution in [0.15, 0.2) is 24.3 Å². The van der Waals surface area contributed by atoms with Crippen LogP contribution in [0, 0.1) is 5.92 Å². The number of benzene rings is 1. The van der Waals surface area contributed by atoms with Crippen molar-refractivity contribution in [1.29, 1.82) is 0 Å². The van der Waals surface area contributed by atoms with Gasteiger partial charge < -0.3 is 16.0 Å². The summed E-state index contributed by atoms with van der Waals surface area (Å²) in [6.45, 7) is -0.0327. The maximum absolute atomic E-state index is 12.0. The highest BCUT2D eigenvalue weighted by Gasteiger charge is 2.26. The Hall–Kier alpha value is -2.37. The van der Waals surface area contributed by atoms with E-state index in [1.807, 2.05) is 24.3 Å². The first kappa shape index (κ1) is 15.0. The minimum Gasteiger partial charge on any atom is -0.358 e. The van der Waals surface area contributed by atoms with Gasteiger partial charge in [-0.15, -0.1) is 0 Å². The maximum Gasteiger partial charge on any atom is 0.239 e. The predicted octanol–water partition coefficient (Wildman–Crippen LogP) is 0.440. The van der Waals surface area contributed by atoms with Crippen molar-refractivity contribution in [3.63, 3.8) is 0 Å². The number of para-hydroxylation sites is 1. The number of hydrogen-bond donors (Lipinski definition) is 3. The molecule has 0 saturated carbocycles. The third kappa shape index (κ3) is 4.05. The number of fused-ring (bicyclic) bond motifs is 1. The molecular formula is C15H19N3O3. The van der Waals surface area contributed by atoms with Gasteiger partial charge in [0.1, 0.15) is 0 Å². The molecule has 21 heavy (non-hydrogen) atoms. The van der Waals surface area contributed by atoms with E-state index < -0.39 is 0 Å². The molecule has 3 amide bonds. The zero-order valence-corrected chi connectivity index (χ0v) is 11.9. The summed E-state index contributed by atoms with van der Waals surface area (Å²) >= 11 is 0. The smallest absolute Gasteiger partial charge is 0.239 e. The molecule has 0 bridgehead atoms. The number of likely N-dealkylation sites (N-methyl/N-ethyl adjacent to an activating group) is 1. The molecule has 0 aromatic heterocycles. The second-order valence-electron chi connectivity index (χ2n) is 5.04. The molecule has 1 atom stereocenters.